The number of rotatable bonds is 4. The molecule has 1 aliphatic carbocycles. The molecule has 1 heterocycles. The molecule has 0 spiro atoms. The molecule has 0 unspecified atom stereocenters. The van der Waals surface area contributed by atoms with Crippen molar-refractivity contribution >= 4 is 60.5 Å². The molecule has 9 aromatic rings. The third-order valence-electron chi connectivity index (χ3n) is 10.6. The zero-order chi connectivity index (χ0) is 32.7. The van der Waals surface area contributed by atoms with Crippen molar-refractivity contribution in [3.05, 3.63) is 175 Å². The van der Waals surface area contributed by atoms with Crippen LogP contribution in [-0.4, -0.2) is 0 Å². The summed E-state index contributed by atoms with van der Waals surface area (Å²) in [5.41, 5.74) is 12.9. The van der Waals surface area contributed by atoms with Crippen LogP contribution in [-0.2, 0) is 5.41 Å². The van der Waals surface area contributed by atoms with E-state index in [0.717, 1.165) is 39.0 Å². The molecule has 0 aliphatic heterocycles. The molecule has 2 nitrogen and oxygen atoms in total. The fraction of sp³-hybridized carbons (Fsp3) is 0.0638. The van der Waals surface area contributed by atoms with E-state index >= 15 is 0 Å². The second-order valence-electron chi connectivity index (χ2n) is 13.8. The predicted octanol–water partition coefficient (Wildman–Crippen LogP) is 13.3. The Hall–Kier alpha value is -6.12. The molecular weight excluding hydrogens is 595 g/mol. The fourth-order valence-corrected chi connectivity index (χ4v) is 8.14. The number of fused-ring (bicyclic) bond motifs is 9. The minimum Gasteiger partial charge on any atom is -0.456 e. The predicted molar refractivity (Wildman–Crippen MR) is 206 cm³/mol. The van der Waals surface area contributed by atoms with E-state index in [1.165, 1.54) is 54.9 Å². The second-order valence-corrected chi connectivity index (χ2v) is 13.8. The van der Waals surface area contributed by atoms with Gasteiger partial charge in [0.15, 0.2) is 0 Å². The number of anilines is 3. The number of hydrogen-bond acceptors (Lipinski definition) is 2. The third-order valence-corrected chi connectivity index (χ3v) is 10.6. The molecule has 0 fully saturated rings. The molecule has 0 amide bonds. The normalized spacial score (nSPS) is 13.3. The van der Waals surface area contributed by atoms with E-state index in [0.29, 0.717) is 0 Å². The Balaban J connectivity index is 1.20. The average molecular weight is 628 g/mol. The topological polar surface area (TPSA) is 16.4 Å². The first-order valence-electron chi connectivity index (χ1n) is 17.0. The highest BCUT2D eigenvalue weighted by molar-refractivity contribution is 6.19. The second kappa shape index (κ2) is 10.4. The molecule has 0 radical (unpaired) electrons. The number of nitrogens with zero attached hydrogens (tertiary/aromatic N) is 1. The first-order chi connectivity index (χ1) is 24.0. The van der Waals surface area contributed by atoms with Crippen molar-refractivity contribution in [2.24, 2.45) is 0 Å². The van der Waals surface area contributed by atoms with E-state index in [4.69, 9.17) is 4.42 Å². The highest BCUT2D eigenvalue weighted by atomic mass is 16.3. The van der Waals surface area contributed by atoms with Gasteiger partial charge in [-0.1, -0.05) is 123 Å². The Morgan fingerprint density at radius 3 is 2.06 bits per heavy atom. The summed E-state index contributed by atoms with van der Waals surface area (Å²) < 4.78 is 6.32. The zero-order valence-electron chi connectivity index (χ0n) is 27.4. The van der Waals surface area contributed by atoms with Crippen LogP contribution in [0.4, 0.5) is 17.1 Å². The number of hydrogen-bond donors (Lipinski definition) is 0. The Labute approximate surface area is 285 Å². The molecule has 8 aromatic carbocycles. The maximum Gasteiger partial charge on any atom is 0.136 e. The van der Waals surface area contributed by atoms with Crippen molar-refractivity contribution in [2.45, 2.75) is 19.3 Å². The molecule has 49 heavy (non-hydrogen) atoms. The molecule has 0 atom stereocenters. The van der Waals surface area contributed by atoms with Gasteiger partial charge in [0.05, 0.1) is 0 Å². The highest BCUT2D eigenvalue weighted by Crippen LogP contribution is 2.51. The summed E-state index contributed by atoms with van der Waals surface area (Å²) in [5.74, 6) is 0. The first-order valence-corrected chi connectivity index (χ1v) is 17.0. The first kappa shape index (κ1) is 27.9. The molecular formula is C47H33NO. The molecule has 1 aliphatic rings. The van der Waals surface area contributed by atoms with Gasteiger partial charge >= 0.3 is 0 Å². The van der Waals surface area contributed by atoms with Crippen molar-refractivity contribution in [3.8, 4) is 22.3 Å². The minimum atomic E-state index is -0.105. The molecule has 0 N–H and O–H groups in total. The summed E-state index contributed by atoms with van der Waals surface area (Å²) in [4.78, 5) is 2.42. The molecule has 0 saturated carbocycles. The van der Waals surface area contributed by atoms with Crippen molar-refractivity contribution in [3.63, 3.8) is 0 Å². The van der Waals surface area contributed by atoms with Crippen molar-refractivity contribution in [1.29, 1.82) is 0 Å². The molecule has 0 bridgehead atoms. The lowest BCUT2D eigenvalue weighted by molar-refractivity contribution is 0.660. The summed E-state index contributed by atoms with van der Waals surface area (Å²) in [5, 5.41) is 7.17. The van der Waals surface area contributed by atoms with Crippen LogP contribution < -0.4 is 4.90 Å². The largest absolute Gasteiger partial charge is 0.456 e. The van der Waals surface area contributed by atoms with Crippen LogP contribution in [0.5, 0.6) is 0 Å². The van der Waals surface area contributed by atoms with Crippen LogP contribution in [0.2, 0.25) is 0 Å². The SMILES string of the molecule is CC1(C)c2ccccc2-c2ccc(N(c3cccc(-c4ccc5ccccc5c4)c3)c3ccc4ccc5oc6ccccc6c5c4c3)cc21. The van der Waals surface area contributed by atoms with Gasteiger partial charge in [-0.2, -0.15) is 0 Å². The van der Waals surface area contributed by atoms with Gasteiger partial charge in [-0.05, 0) is 110 Å². The van der Waals surface area contributed by atoms with Crippen molar-refractivity contribution < 1.29 is 4.42 Å². The zero-order valence-corrected chi connectivity index (χ0v) is 27.4. The van der Waals surface area contributed by atoms with Gasteiger partial charge in [0.1, 0.15) is 11.2 Å². The number of benzene rings is 8. The monoisotopic (exact) mass is 627 g/mol. The van der Waals surface area contributed by atoms with E-state index in [-0.39, 0.29) is 5.41 Å². The van der Waals surface area contributed by atoms with Gasteiger partial charge in [-0.15, -0.1) is 0 Å². The minimum absolute atomic E-state index is 0.105. The Bertz CT molecular complexity index is 2770. The van der Waals surface area contributed by atoms with E-state index in [2.05, 4.69) is 176 Å². The summed E-state index contributed by atoms with van der Waals surface area (Å²) >= 11 is 0. The van der Waals surface area contributed by atoms with E-state index < -0.39 is 0 Å². The Morgan fingerprint density at radius 2 is 1.12 bits per heavy atom. The Morgan fingerprint density at radius 1 is 0.429 bits per heavy atom. The fourth-order valence-electron chi connectivity index (χ4n) is 8.14. The van der Waals surface area contributed by atoms with Crippen LogP contribution in [0.25, 0.3) is 65.7 Å². The third kappa shape index (κ3) is 4.27. The lowest BCUT2D eigenvalue weighted by atomic mass is 9.82. The van der Waals surface area contributed by atoms with Gasteiger partial charge < -0.3 is 9.32 Å². The lowest BCUT2D eigenvalue weighted by Gasteiger charge is -2.29. The Kier molecular flexibility index (Phi) is 5.95. The van der Waals surface area contributed by atoms with E-state index in [1.54, 1.807) is 0 Å². The smallest absolute Gasteiger partial charge is 0.136 e. The van der Waals surface area contributed by atoms with Crippen molar-refractivity contribution in [1.82, 2.24) is 0 Å². The van der Waals surface area contributed by atoms with Crippen LogP contribution in [0.15, 0.2) is 168 Å². The molecule has 232 valence electrons. The van der Waals surface area contributed by atoms with Gasteiger partial charge in [0.25, 0.3) is 0 Å². The van der Waals surface area contributed by atoms with Crippen LogP contribution in [0, 0.1) is 0 Å². The summed E-state index contributed by atoms with van der Waals surface area (Å²) in [6.07, 6.45) is 0. The van der Waals surface area contributed by atoms with Crippen LogP contribution >= 0.6 is 0 Å². The van der Waals surface area contributed by atoms with Crippen LogP contribution in [0.1, 0.15) is 25.0 Å². The maximum absolute atomic E-state index is 6.32. The van der Waals surface area contributed by atoms with Gasteiger partial charge in [0.2, 0.25) is 0 Å². The number of para-hydroxylation sites is 1. The van der Waals surface area contributed by atoms with E-state index in [1.807, 2.05) is 6.07 Å². The van der Waals surface area contributed by atoms with Crippen molar-refractivity contribution in [2.75, 3.05) is 4.90 Å². The standard InChI is InChI=1S/C47H33NO/c1-47(2)42-16-7-5-14-38(42)39-24-23-37(29-43(39)47)48(35-13-9-12-33(27-35)34-19-18-30-10-3-4-11-32(30)26-34)36-22-20-31-21-25-45-46(41(31)28-36)40-15-6-8-17-44(40)49-45/h3-29H,1-2H3. The molecule has 2 heteroatoms. The number of furan rings is 1. The average Bonchev–Trinajstić information content (AvgIpc) is 3.64. The highest BCUT2D eigenvalue weighted by Gasteiger charge is 2.35. The summed E-state index contributed by atoms with van der Waals surface area (Å²) in [7, 11) is 0. The molecule has 0 saturated heterocycles. The maximum atomic E-state index is 6.32. The molecule has 1 aromatic heterocycles. The van der Waals surface area contributed by atoms with Gasteiger partial charge in [-0.3, -0.25) is 0 Å². The quantitative estimate of drug-likeness (QED) is 0.193. The lowest BCUT2D eigenvalue weighted by Crippen LogP contribution is -2.16. The van der Waals surface area contributed by atoms with E-state index in [9.17, 15) is 0 Å². The summed E-state index contributed by atoms with van der Waals surface area (Å²) in [6, 6.07) is 59.6. The molecule has 10 rings (SSSR count). The summed E-state index contributed by atoms with van der Waals surface area (Å²) in [6.45, 7) is 4.70. The van der Waals surface area contributed by atoms with Gasteiger partial charge in [-0.25, -0.2) is 0 Å². The van der Waals surface area contributed by atoms with Crippen LogP contribution in [0.3, 0.4) is 0 Å². The van der Waals surface area contributed by atoms with Gasteiger partial charge in [0, 0.05) is 33.2 Å².